The summed E-state index contributed by atoms with van der Waals surface area (Å²) in [5.41, 5.74) is -0.818. The smallest absolute Gasteiger partial charge is 0.386 e. The summed E-state index contributed by atoms with van der Waals surface area (Å²) in [6.07, 6.45) is -2.79. The first kappa shape index (κ1) is 20.2. The van der Waals surface area contributed by atoms with Crippen LogP contribution in [0.3, 0.4) is 0 Å². The molecule has 1 fully saturated rings. The molecule has 0 amide bonds. The molecule has 0 spiro atoms. The van der Waals surface area contributed by atoms with Crippen LogP contribution in [-0.2, 0) is 6.18 Å². The van der Waals surface area contributed by atoms with E-state index >= 15 is 0 Å². The van der Waals surface area contributed by atoms with Crippen LogP contribution in [0.5, 0.6) is 0 Å². The minimum absolute atomic E-state index is 0. The molecule has 0 aromatic carbocycles. The fourth-order valence-electron chi connectivity index (χ4n) is 2.93. The standard InChI is InChI=1S/C15H18F3N5O2.ClH/c1-8(9-4-6-19-7-5-9)20-12-10(15(16,17)18)2-3-11(21-12)13-22-23-14(24)25-13;/h2-3,8-9,19H,4-7H2,1H3,(H,20,21)(H,23,24);1H/t8-;/m0./s1. The lowest BCUT2D eigenvalue weighted by molar-refractivity contribution is -0.137. The number of aromatic nitrogens is 3. The van der Waals surface area contributed by atoms with Crippen molar-refractivity contribution in [1.82, 2.24) is 20.5 Å². The number of piperidine rings is 1. The van der Waals surface area contributed by atoms with Gasteiger partial charge < -0.3 is 15.1 Å². The Hall–Kier alpha value is -2.07. The number of hydrogen-bond acceptors (Lipinski definition) is 6. The number of aromatic amines is 1. The van der Waals surface area contributed by atoms with E-state index in [1.165, 1.54) is 0 Å². The second-order valence-electron chi connectivity index (χ2n) is 6.03. The van der Waals surface area contributed by atoms with Crippen molar-refractivity contribution in [1.29, 1.82) is 0 Å². The Labute approximate surface area is 153 Å². The first-order valence-electron chi connectivity index (χ1n) is 7.96. The normalized spacial score (nSPS) is 16.8. The van der Waals surface area contributed by atoms with Gasteiger partial charge in [0.15, 0.2) is 0 Å². The zero-order valence-electron chi connectivity index (χ0n) is 13.9. The molecule has 7 nitrogen and oxygen atoms in total. The molecule has 1 atom stereocenters. The summed E-state index contributed by atoms with van der Waals surface area (Å²) >= 11 is 0. The quantitative estimate of drug-likeness (QED) is 0.739. The van der Waals surface area contributed by atoms with E-state index in [-0.39, 0.29) is 41.8 Å². The molecule has 144 valence electrons. The molecule has 11 heteroatoms. The molecule has 2 aromatic rings. The van der Waals surface area contributed by atoms with Crippen LogP contribution in [0, 0.1) is 5.92 Å². The second-order valence-corrected chi connectivity index (χ2v) is 6.03. The molecule has 1 saturated heterocycles. The van der Waals surface area contributed by atoms with Gasteiger partial charge in [-0.15, -0.1) is 17.5 Å². The highest BCUT2D eigenvalue weighted by Crippen LogP contribution is 2.36. The molecule has 26 heavy (non-hydrogen) atoms. The number of pyridine rings is 1. The molecule has 0 radical (unpaired) electrons. The van der Waals surface area contributed by atoms with Gasteiger partial charge in [-0.25, -0.2) is 14.9 Å². The minimum Gasteiger partial charge on any atom is -0.386 e. The zero-order valence-corrected chi connectivity index (χ0v) is 14.7. The maximum atomic E-state index is 13.3. The van der Waals surface area contributed by atoms with Crippen molar-refractivity contribution in [2.45, 2.75) is 32.0 Å². The Kier molecular flexibility index (Phi) is 6.30. The third-order valence-electron chi connectivity index (χ3n) is 4.31. The molecule has 0 bridgehead atoms. The summed E-state index contributed by atoms with van der Waals surface area (Å²) in [6.45, 7) is 3.53. The summed E-state index contributed by atoms with van der Waals surface area (Å²) in [5.74, 6) is -0.997. The van der Waals surface area contributed by atoms with Crippen molar-refractivity contribution in [2.75, 3.05) is 18.4 Å². The van der Waals surface area contributed by atoms with E-state index in [1.807, 2.05) is 6.92 Å². The topological polar surface area (TPSA) is 95.8 Å². The Bertz CT molecular complexity index is 786. The van der Waals surface area contributed by atoms with E-state index in [9.17, 15) is 18.0 Å². The number of halogens is 4. The molecular weight excluding hydrogens is 375 g/mol. The third kappa shape index (κ3) is 4.55. The van der Waals surface area contributed by atoms with Gasteiger partial charge in [0, 0.05) is 6.04 Å². The van der Waals surface area contributed by atoms with Crippen molar-refractivity contribution >= 4 is 18.2 Å². The van der Waals surface area contributed by atoms with Crippen molar-refractivity contribution in [3.63, 3.8) is 0 Å². The van der Waals surface area contributed by atoms with Gasteiger partial charge in [-0.05, 0) is 50.9 Å². The average Bonchev–Trinajstić information content (AvgIpc) is 3.01. The maximum Gasteiger partial charge on any atom is 0.434 e. The first-order chi connectivity index (χ1) is 11.8. The van der Waals surface area contributed by atoms with Crippen LogP contribution in [-0.4, -0.2) is 34.3 Å². The van der Waals surface area contributed by atoms with Gasteiger partial charge in [0.05, 0.1) is 5.56 Å². The van der Waals surface area contributed by atoms with Gasteiger partial charge in [-0.3, -0.25) is 0 Å². The summed E-state index contributed by atoms with van der Waals surface area (Å²) < 4.78 is 44.7. The highest BCUT2D eigenvalue weighted by atomic mass is 35.5. The fraction of sp³-hybridized carbons (Fsp3) is 0.533. The Balaban J connectivity index is 0.00000243. The average molecular weight is 394 g/mol. The Morgan fingerprint density at radius 1 is 1.31 bits per heavy atom. The van der Waals surface area contributed by atoms with E-state index < -0.39 is 17.5 Å². The molecule has 3 N–H and O–H groups in total. The molecule has 2 aromatic heterocycles. The zero-order chi connectivity index (χ0) is 18.0. The van der Waals surface area contributed by atoms with Gasteiger partial charge in [0.25, 0.3) is 5.89 Å². The number of H-pyrrole nitrogens is 1. The van der Waals surface area contributed by atoms with E-state index in [4.69, 9.17) is 4.42 Å². The maximum absolute atomic E-state index is 13.3. The van der Waals surface area contributed by atoms with E-state index in [0.717, 1.165) is 38.1 Å². The number of alkyl halides is 3. The van der Waals surface area contributed by atoms with Crippen molar-refractivity contribution in [3.8, 4) is 11.6 Å². The van der Waals surface area contributed by atoms with Crippen LogP contribution in [0.2, 0.25) is 0 Å². The summed E-state index contributed by atoms with van der Waals surface area (Å²) in [6, 6.07) is 1.86. The van der Waals surface area contributed by atoms with Gasteiger partial charge in [-0.2, -0.15) is 13.2 Å². The Morgan fingerprint density at radius 2 is 2.00 bits per heavy atom. The van der Waals surface area contributed by atoms with Crippen LogP contribution in [0.15, 0.2) is 21.3 Å². The van der Waals surface area contributed by atoms with E-state index in [1.54, 1.807) is 0 Å². The lowest BCUT2D eigenvalue weighted by Gasteiger charge is -2.30. The SMILES string of the molecule is C[C@H](Nc1nc(-c2n[nH]c(=O)o2)ccc1C(F)(F)F)C1CCNCC1.Cl. The largest absolute Gasteiger partial charge is 0.434 e. The second kappa shape index (κ2) is 8.09. The monoisotopic (exact) mass is 393 g/mol. The predicted octanol–water partition coefficient (Wildman–Crippen LogP) is 2.67. The van der Waals surface area contributed by atoms with Crippen LogP contribution in [0.25, 0.3) is 11.6 Å². The van der Waals surface area contributed by atoms with E-state index in [0.29, 0.717) is 0 Å². The molecular formula is C15H19ClF3N5O2. The number of anilines is 1. The number of nitrogens with zero attached hydrogens (tertiary/aromatic N) is 2. The molecule has 0 aliphatic carbocycles. The summed E-state index contributed by atoms with van der Waals surface area (Å²) in [7, 11) is 0. The minimum atomic E-state index is -4.55. The van der Waals surface area contributed by atoms with Gasteiger partial charge in [0.1, 0.15) is 11.5 Å². The van der Waals surface area contributed by atoms with Crippen LogP contribution >= 0.6 is 12.4 Å². The van der Waals surface area contributed by atoms with Crippen LogP contribution in [0.4, 0.5) is 19.0 Å². The van der Waals surface area contributed by atoms with Gasteiger partial charge in [-0.1, -0.05) is 0 Å². The lowest BCUT2D eigenvalue weighted by atomic mass is 9.91. The number of hydrogen-bond donors (Lipinski definition) is 3. The molecule has 3 heterocycles. The summed E-state index contributed by atoms with van der Waals surface area (Å²) in [5, 5.41) is 11.8. The molecule has 1 aliphatic heterocycles. The lowest BCUT2D eigenvalue weighted by Crippen LogP contribution is -2.36. The Morgan fingerprint density at radius 3 is 2.58 bits per heavy atom. The third-order valence-corrected chi connectivity index (χ3v) is 4.31. The predicted molar refractivity (Wildman–Crippen MR) is 91.3 cm³/mol. The highest BCUT2D eigenvalue weighted by Gasteiger charge is 2.35. The van der Waals surface area contributed by atoms with Crippen molar-refractivity contribution in [2.24, 2.45) is 5.92 Å². The fourth-order valence-corrected chi connectivity index (χ4v) is 2.93. The van der Waals surface area contributed by atoms with Gasteiger partial charge >= 0.3 is 11.9 Å². The first-order valence-corrected chi connectivity index (χ1v) is 7.96. The molecule has 0 saturated carbocycles. The molecule has 3 rings (SSSR count). The summed E-state index contributed by atoms with van der Waals surface area (Å²) in [4.78, 5) is 15.0. The highest BCUT2D eigenvalue weighted by molar-refractivity contribution is 5.85. The van der Waals surface area contributed by atoms with E-state index in [2.05, 4.69) is 25.8 Å². The number of rotatable bonds is 4. The van der Waals surface area contributed by atoms with Crippen molar-refractivity contribution < 1.29 is 17.6 Å². The van der Waals surface area contributed by atoms with Crippen LogP contribution in [0.1, 0.15) is 25.3 Å². The molecule has 0 unspecified atom stereocenters. The number of nitrogens with one attached hydrogen (secondary N) is 3. The van der Waals surface area contributed by atoms with Crippen molar-refractivity contribution in [3.05, 3.63) is 28.2 Å². The van der Waals surface area contributed by atoms with Gasteiger partial charge in [0.2, 0.25) is 0 Å². The van der Waals surface area contributed by atoms with Crippen LogP contribution < -0.4 is 16.4 Å². The molecule has 1 aliphatic rings.